The summed E-state index contributed by atoms with van der Waals surface area (Å²) in [5.74, 6) is 1.81. The zero-order valence-electron chi connectivity index (χ0n) is 15.2. The van der Waals surface area contributed by atoms with Gasteiger partial charge in [0.2, 0.25) is 0 Å². The molecule has 1 aliphatic carbocycles. The highest BCUT2D eigenvalue weighted by Crippen LogP contribution is 2.50. The Labute approximate surface area is 137 Å². The third kappa shape index (κ3) is 3.68. The molecule has 3 rings (SSSR count). The molecular formula is C19H36N2O. The number of piperidine rings is 1. The van der Waals surface area contributed by atoms with E-state index in [1.54, 1.807) is 0 Å². The molecule has 128 valence electrons. The van der Waals surface area contributed by atoms with Gasteiger partial charge in [-0.05, 0) is 64.5 Å². The second kappa shape index (κ2) is 6.78. The van der Waals surface area contributed by atoms with E-state index in [9.17, 15) is 0 Å². The Kier molecular flexibility index (Phi) is 5.16. The third-order valence-electron chi connectivity index (χ3n) is 6.46. The van der Waals surface area contributed by atoms with Crippen molar-refractivity contribution in [3.63, 3.8) is 0 Å². The summed E-state index contributed by atoms with van der Waals surface area (Å²) in [5, 5.41) is 0. The molecule has 0 aromatic carbocycles. The van der Waals surface area contributed by atoms with Crippen LogP contribution >= 0.6 is 0 Å². The molecule has 3 nitrogen and oxygen atoms in total. The highest BCUT2D eigenvalue weighted by molar-refractivity contribution is 5.05. The molecule has 0 unspecified atom stereocenters. The van der Waals surface area contributed by atoms with Crippen LogP contribution in [0.4, 0.5) is 0 Å². The van der Waals surface area contributed by atoms with Crippen molar-refractivity contribution in [1.29, 1.82) is 0 Å². The van der Waals surface area contributed by atoms with Gasteiger partial charge >= 0.3 is 0 Å². The second-order valence-corrected chi connectivity index (χ2v) is 8.82. The summed E-state index contributed by atoms with van der Waals surface area (Å²) < 4.78 is 6.12. The zero-order valence-corrected chi connectivity index (χ0v) is 15.2. The molecule has 3 heteroatoms. The van der Waals surface area contributed by atoms with E-state index in [1.165, 1.54) is 51.9 Å². The maximum Gasteiger partial charge on any atom is 0.0597 e. The van der Waals surface area contributed by atoms with Crippen molar-refractivity contribution in [2.75, 3.05) is 39.3 Å². The first-order chi connectivity index (χ1) is 10.5. The summed E-state index contributed by atoms with van der Waals surface area (Å²) in [4.78, 5) is 5.20. The molecule has 0 amide bonds. The molecule has 0 aromatic rings. The van der Waals surface area contributed by atoms with Gasteiger partial charge in [0.15, 0.2) is 0 Å². The molecule has 1 spiro atoms. The van der Waals surface area contributed by atoms with Gasteiger partial charge < -0.3 is 9.64 Å². The summed E-state index contributed by atoms with van der Waals surface area (Å²) in [6.45, 7) is 16.6. The monoisotopic (exact) mass is 308 g/mol. The van der Waals surface area contributed by atoms with E-state index in [0.717, 1.165) is 31.0 Å². The van der Waals surface area contributed by atoms with E-state index >= 15 is 0 Å². The van der Waals surface area contributed by atoms with Gasteiger partial charge in [-0.15, -0.1) is 0 Å². The molecule has 0 aromatic heterocycles. The van der Waals surface area contributed by atoms with Gasteiger partial charge in [0.25, 0.3) is 0 Å². The zero-order chi connectivity index (χ0) is 15.7. The van der Waals surface area contributed by atoms with Crippen molar-refractivity contribution in [2.45, 2.75) is 65.5 Å². The van der Waals surface area contributed by atoms with Crippen molar-refractivity contribution in [1.82, 2.24) is 9.80 Å². The molecule has 0 bridgehead atoms. The Morgan fingerprint density at radius 3 is 2.23 bits per heavy atom. The van der Waals surface area contributed by atoms with E-state index in [0.29, 0.717) is 11.5 Å². The lowest BCUT2D eigenvalue weighted by Crippen LogP contribution is -2.65. The van der Waals surface area contributed by atoms with Crippen LogP contribution in [0.25, 0.3) is 0 Å². The molecular weight excluding hydrogens is 272 g/mol. The van der Waals surface area contributed by atoms with Gasteiger partial charge in [-0.2, -0.15) is 0 Å². The number of nitrogens with zero attached hydrogens (tertiary/aromatic N) is 2. The molecule has 2 saturated heterocycles. The minimum absolute atomic E-state index is 0.558. The van der Waals surface area contributed by atoms with Crippen molar-refractivity contribution >= 4 is 0 Å². The maximum atomic E-state index is 6.12. The Balaban J connectivity index is 1.24. The topological polar surface area (TPSA) is 15.7 Å². The van der Waals surface area contributed by atoms with E-state index in [-0.39, 0.29) is 0 Å². The van der Waals surface area contributed by atoms with Crippen LogP contribution in [-0.2, 0) is 4.74 Å². The molecule has 1 saturated carbocycles. The van der Waals surface area contributed by atoms with E-state index in [1.807, 2.05) is 0 Å². The number of ether oxygens (including phenoxy) is 1. The smallest absolute Gasteiger partial charge is 0.0597 e. The van der Waals surface area contributed by atoms with Gasteiger partial charge in [0.1, 0.15) is 0 Å². The quantitative estimate of drug-likeness (QED) is 0.749. The molecule has 3 fully saturated rings. The van der Waals surface area contributed by atoms with Gasteiger partial charge in [0.05, 0.1) is 12.7 Å². The maximum absolute atomic E-state index is 6.12. The van der Waals surface area contributed by atoms with Crippen molar-refractivity contribution in [3.8, 4) is 0 Å². The molecule has 0 N–H and O–H groups in total. The molecule has 0 radical (unpaired) electrons. The Morgan fingerprint density at radius 2 is 1.68 bits per heavy atom. The molecule has 0 atom stereocenters. The van der Waals surface area contributed by atoms with Crippen LogP contribution in [0, 0.1) is 17.3 Å². The Morgan fingerprint density at radius 1 is 1.05 bits per heavy atom. The minimum atomic E-state index is 0.558. The lowest BCUT2D eigenvalue weighted by atomic mass is 9.61. The Bertz CT molecular complexity index is 346. The minimum Gasteiger partial charge on any atom is -0.377 e. The highest BCUT2D eigenvalue weighted by atomic mass is 16.5. The summed E-state index contributed by atoms with van der Waals surface area (Å²) >= 11 is 0. The molecule has 2 heterocycles. The molecule has 3 aliphatic rings. The average molecular weight is 309 g/mol. The number of rotatable bonds is 6. The van der Waals surface area contributed by atoms with Crippen molar-refractivity contribution < 1.29 is 4.74 Å². The summed E-state index contributed by atoms with van der Waals surface area (Å²) in [6, 6.07) is 0.722. The van der Waals surface area contributed by atoms with Crippen molar-refractivity contribution in [2.24, 2.45) is 17.3 Å². The van der Waals surface area contributed by atoms with Crippen LogP contribution < -0.4 is 0 Å². The van der Waals surface area contributed by atoms with Crippen LogP contribution in [0.15, 0.2) is 0 Å². The summed E-state index contributed by atoms with van der Waals surface area (Å²) in [7, 11) is 0. The van der Waals surface area contributed by atoms with Crippen LogP contribution in [0.5, 0.6) is 0 Å². The van der Waals surface area contributed by atoms with Crippen LogP contribution in [0.3, 0.4) is 0 Å². The van der Waals surface area contributed by atoms with Crippen LogP contribution in [0.2, 0.25) is 0 Å². The number of hydrogen-bond acceptors (Lipinski definition) is 3. The highest BCUT2D eigenvalue weighted by Gasteiger charge is 2.53. The van der Waals surface area contributed by atoms with E-state index in [4.69, 9.17) is 4.74 Å². The first kappa shape index (κ1) is 16.7. The van der Waals surface area contributed by atoms with Crippen molar-refractivity contribution in [3.05, 3.63) is 0 Å². The summed E-state index contributed by atoms with van der Waals surface area (Å²) in [6.07, 6.45) is 5.95. The Hall–Kier alpha value is -0.120. The van der Waals surface area contributed by atoms with Gasteiger partial charge in [-0.3, -0.25) is 4.90 Å². The largest absolute Gasteiger partial charge is 0.377 e. The first-order valence-electron chi connectivity index (χ1n) is 9.55. The van der Waals surface area contributed by atoms with Gasteiger partial charge in [-0.1, -0.05) is 13.8 Å². The van der Waals surface area contributed by atoms with E-state index in [2.05, 4.69) is 37.5 Å². The fraction of sp³-hybridized carbons (Fsp3) is 1.00. The predicted molar refractivity (Wildman–Crippen MR) is 92.1 cm³/mol. The lowest BCUT2D eigenvalue weighted by molar-refractivity contribution is -0.159. The number of hydrogen-bond donors (Lipinski definition) is 0. The normalized spacial score (nSPS) is 27.5. The molecule has 22 heavy (non-hydrogen) atoms. The summed E-state index contributed by atoms with van der Waals surface area (Å²) in [5.41, 5.74) is 0.643. The van der Waals surface area contributed by atoms with Crippen LogP contribution in [-0.4, -0.2) is 61.3 Å². The number of likely N-dealkylation sites (tertiary alicyclic amines) is 2. The fourth-order valence-electron chi connectivity index (χ4n) is 4.65. The van der Waals surface area contributed by atoms with Gasteiger partial charge in [-0.25, -0.2) is 0 Å². The predicted octanol–water partition coefficient (Wildman–Crippen LogP) is 3.24. The van der Waals surface area contributed by atoms with Crippen LogP contribution in [0.1, 0.15) is 53.4 Å². The third-order valence-corrected chi connectivity index (χ3v) is 6.46. The molecule has 2 aliphatic heterocycles. The lowest BCUT2D eigenvalue weighted by Gasteiger charge is -2.60. The first-order valence-corrected chi connectivity index (χ1v) is 9.55. The fourth-order valence-corrected chi connectivity index (χ4v) is 4.65. The average Bonchev–Trinajstić information content (AvgIpc) is 2.39. The SMILES string of the molecule is CC(C)C1CCN(CCOC2CC3(C2)CN(C(C)C)C3)CC1. The standard InChI is InChI=1S/C19H36N2O/c1-15(2)17-5-7-20(8-6-17)9-10-22-18-11-19(12-18)13-21(14-19)16(3)4/h15-18H,5-14H2,1-4H3. The van der Waals surface area contributed by atoms with E-state index < -0.39 is 0 Å². The second-order valence-electron chi connectivity index (χ2n) is 8.82. The van der Waals surface area contributed by atoms with Gasteiger partial charge in [0, 0.05) is 31.1 Å².